The number of aryl methyl sites for hydroxylation is 1. The first-order chi connectivity index (χ1) is 6.72. The van der Waals surface area contributed by atoms with E-state index >= 15 is 0 Å². The maximum Gasteiger partial charge on any atom is 0.137 e. The van der Waals surface area contributed by atoms with Crippen molar-refractivity contribution in [1.29, 1.82) is 0 Å². The van der Waals surface area contributed by atoms with Crippen LogP contribution in [-0.4, -0.2) is 22.1 Å². The number of anilines is 1. The Morgan fingerprint density at radius 3 is 2.79 bits per heavy atom. The van der Waals surface area contributed by atoms with Gasteiger partial charge < -0.3 is 10.4 Å². The standard InChI is InChI=1S/C10H11N3O/c1-6-3-8-7(4-9(6)14)10(11-2)13-5-12-8/h3-5,14H,1-2H3,(H,11,12,13). The van der Waals surface area contributed by atoms with Crippen molar-refractivity contribution in [3.63, 3.8) is 0 Å². The van der Waals surface area contributed by atoms with Crippen LogP contribution in [0.3, 0.4) is 0 Å². The molecule has 0 bridgehead atoms. The minimum Gasteiger partial charge on any atom is -0.508 e. The molecule has 0 aliphatic carbocycles. The molecule has 4 nitrogen and oxygen atoms in total. The highest BCUT2D eigenvalue weighted by molar-refractivity contribution is 5.90. The third-order valence-corrected chi connectivity index (χ3v) is 2.19. The minimum absolute atomic E-state index is 0.267. The lowest BCUT2D eigenvalue weighted by Gasteiger charge is -2.05. The first-order valence-electron chi connectivity index (χ1n) is 4.34. The van der Waals surface area contributed by atoms with Crippen LogP contribution < -0.4 is 5.32 Å². The Bertz CT molecular complexity index is 482. The smallest absolute Gasteiger partial charge is 0.137 e. The van der Waals surface area contributed by atoms with Gasteiger partial charge >= 0.3 is 0 Å². The monoisotopic (exact) mass is 189 g/mol. The minimum atomic E-state index is 0.267. The third kappa shape index (κ3) is 1.25. The van der Waals surface area contributed by atoms with E-state index in [-0.39, 0.29) is 5.75 Å². The number of rotatable bonds is 1. The molecule has 0 aliphatic heterocycles. The second-order valence-electron chi connectivity index (χ2n) is 3.13. The highest BCUT2D eigenvalue weighted by Crippen LogP contribution is 2.26. The van der Waals surface area contributed by atoms with E-state index in [0.717, 1.165) is 22.3 Å². The second kappa shape index (κ2) is 3.14. The number of aromatic hydroxyl groups is 1. The van der Waals surface area contributed by atoms with Gasteiger partial charge in [-0.15, -0.1) is 0 Å². The molecule has 0 aliphatic rings. The number of aromatic nitrogens is 2. The van der Waals surface area contributed by atoms with Crippen molar-refractivity contribution in [2.75, 3.05) is 12.4 Å². The summed E-state index contributed by atoms with van der Waals surface area (Å²) in [5, 5.41) is 13.3. The molecular weight excluding hydrogens is 178 g/mol. The molecule has 2 N–H and O–H groups in total. The Hall–Kier alpha value is -1.84. The summed E-state index contributed by atoms with van der Waals surface area (Å²) in [6.07, 6.45) is 1.50. The van der Waals surface area contributed by atoms with E-state index in [1.54, 1.807) is 13.1 Å². The van der Waals surface area contributed by atoms with Gasteiger partial charge in [0, 0.05) is 12.4 Å². The fourth-order valence-electron chi connectivity index (χ4n) is 1.40. The number of hydrogen-bond acceptors (Lipinski definition) is 4. The van der Waals surface area contributed by atoms with Crippen LogP contribution in [0.25, 0.3) is 10.9 Å². The lowest BCUT2D eigenvalue weighted by atomic mass is 10.1. The number of benzene rings is 1. The van der Waals surface area contributed by atoms with E-state index in [0.29, 0.717) is 0 Å². The van der Waals surface area contributed by atoms with E-state index < -0.39 is 0 Å². The molecule has 14 heavy (non-hydrogen) atoms. The zero-order chi connectivity index (χ0) is 10.1. The highest BCUT2D eigenvalue weighted by Gasteiger charge is 2.04. The molecule has 1 aromatic heterocycles. The molecule has 0 unspecified atom stereocenters. The molecule has 0 saturated carbocycles. The molecule has 72 valence electrons. The van der Waals surface area contributed by atoms with Gasteiger partial charge in [-0.05, 0) is 24.6 Å². The zero-order valence-electron chi connectivity index (χ0n) is 8.07. The summed E-state index contributed by atoms with van der Waals surface area (Å²) in [6.45, 7) is 1.84. The summed E-state index contributed by atoms with van der Waals surface area (Å²) < 4.78 is 0. The van der Waals surface area contributed by atoms with Crippen LogP contribution in [0.2, 0.25) is 0 Å². The molecule has 0 fully saturated rings. The Kier molecular flexibility index (Phi) is 1.96. The van der Waals surface area contributed by atoms with Gasteiger partial charge in [0.2, 0.25) is 0 Å². The molecule has 0 saturated heterocycles. The number of hydrogen-bond donors (Lipinski definition) is 2. The van der Waals surface area contributed by atoms with E-state index in [2.05, 4.69) is 15.3 Å². The van der Waals surface area contributed by atoms with Crippen molar-refractivity contribution in [2.45, 2.75) is 6.92 Å². The van der Waals surface area contributed by atoms with E-state index in [4.69, 9.17) is 0 Å². The van der Waals surface area contributed by atoms with Gasteiger partial charge in [-0.3, -0.25) is 0 Å². The van der Waals surface area contributed by atoms with Crippen LogP contribution >= 0.6 is 0 Å². The van der Waals surface area contributed by atoms with E-state index in [9.17, 15) is 5.11 Å². The number of nitrogens with one attached hydrogen (secondary N) is 1. The summed E-state index contributed by atoms with van der Waals surface area (Å²) >= 11 is 0. The summed E-state index contributed by atoms with van der Waals surface area (Å²) in [5.41, 5.74) is 1.65. The topological polar surface area (TPSA) is 58.0 Å². The Labute approximate surface area is 81.6 Å². The number of nitrogens with zero attached hydrogens (tertiary/aromatic N) is 2. The average molecular weight is 189 g/mol. The quantitative estimate of drug-likeness (QED) is 0.716. The van der Waals surface area contributed by atoms with Crippen LogP contribution in [0.15, 0.2) is 18.5 Å². The SMILES string of the molecule is CNc1ncnc2cc(C)c(O)cc12. The maximum absolute atomic E-state index is 9.55. The van der Waals surface area contributed by atoms with Crippen LogP contribution in [0, 0.1) is 6.92 Å². The molecule has 0 amide bonds. The predicted octanol–water partition coefficient (Wildman–Crippen LogP) is 1.69. The molecule has 4 heteroatoms. The van der Waals surface area contributed by atoms with E-state index in [1.165, 1.54) is 6.33 Å². The van der Waals surface area contributed by atoms with Crippen LogP contribution in [0.1, 0.15) is 5.56 Å². The Morgan fingerprint density at radius 1 is 1.29 bits per heavy atom. The van der Waals surface area contributed by atoms with E-state index in [1.807, 2.05) is 13.0 Å². The Morgan fingerprint density at radius 2 is 2.07 bits per heavy atom. The molecule has 0 atom stereocenters. The van der Waals surface area contributed by atoms with Gasteiger partial charge in [-0.2, -0.15) is 0 Å². The van der Waals surface area contributed by atoms with Crippen LogP contribution in [0.5, 0.6) is 5.75 Å². The van der Waals surface area contributed by atoms with Crippen molar-refractivity contribution in [3.05, 3.63) is 24.0 Å². The van der Waals surface area contributed by atoms with Gasteiger partial charge in [-0.1, -0.05) is 0 Å². The molecule has 2 rings (SSSR count). The molecule has 0 radical (unpaired) electrons. The highest BCUT2D eigenvalue weighted by atomic mass is 16.3. The van der Waals surface area contributed by atoms with Crippen molar-refractivity contribution in [2.24, 2.45) is 0 Å². The van der Waals surface area contributed by atoms with Crippen molar-refractivity contribution in [3.8, 4) is 5.75 Å². The molecule has 1 aromatic carbocycles. The largest absolute Gasteiger partial charge is 0.508 e. The fourth-order valence-corrected chi connectivity index (χ4v) is 1.40. The van der Waals surface area contributed by atoms with Crippen molar-refractivity contribution in [1.82, 2.24) is 9.97 Å². The van der Waals surface area contributed by atoms with Crippen LogP contribution in [0.4, 0.5) is 5.82 Å². The first kappa shape index (κ1) is 8.74. The average Bonchev–Trinajstić information content (AvgIpc) is 2.19. The number of phenolic OH excluding ortho intramolecular Hbond substituents is 1. The number of fused-ring (bicyclic) bond motifs is 1. The summed E-state index contributed by atoms with van der Waals surface area (Å²) in [4.78, 5) is 8.19. The van der Waals surface area contributed by atoms with Gasteiger partial charge in [0.15, 0.2) is 0 Å². The van der Waals surface area contributed by atoms with Crippen molar-refractivity contribution < 1.29 is 5.11 Å². The predicted molar refractivity (Wildman–Crippen MR) is 55.5 cm³/mol. The lowest BCUT2D eigenvalue weighted by Crippen LogP contribution is -1.94. The summed E-state index contributed by atoms with van der Waals surface area (Å²) in [6, 6.07) is 3.52. The molecule has 0 spiro atoms. The second-order valence-corrected chi connectivity index (χ2v) is 3.13. The maximum atomic E-state index is 9.55. The number of phenols is 1. The van der Waals surface area contributed by atoms with Gasteiger partial charge in [0.25, 0.3) is 0 Å². The van der Waals surface area contributed by atoms with Gasteiger partial charge in [0.1, 0.15) is 17.9 Å². The third-order valence-electron chi connectivity index (χ3n) is 2.19. The van der Waals surface area contributed by atoms with Gasteiger partial charge in [-0.25, -0.2) is 9.97 Å². The normalized spacial score (nSPS) is 10.4. The summed E-state index contributed by atoms with van der Waals surface area (Å²) in [5.74, 6) is 0.995. The zero-order valence-corrected chi connectivity index (χ0v) is 8.07. The Balaban J connectivity index is 2.81. The first-order valence-corrected chi connectivity index (χ1v) is 4.34. The molecular formula is C10H11N3O. The fraction of sp³-hybridized carbons (Fsp3) is 0.200. The lowest BCUT2D eigenvalue weighted by molar-refractivity contribution is 0.472. The van der Waals surface area contributed by atoms with Crippen LogP contribution in [-0.2, 0) is 0 Å². The van der Waals surface area contributed by atoms with Gasteiger partial charge in [0.05, 0.1) is 5.52 Å². The van der Waals surface area contributed by atoms with Crippen molar-refractivity contribution >= 4 is 16.7 Å². The molecule has 2 aromatic rings. The summed E-state index contributed by atoms with van der Waals surface area (Å²) in [7, 11) is 1.79. The molecule has 1 heterocycles.